The van der Waals surface area contributed by atoms with Crippen LogP contribution in [0.25, 0.3) is 11.1 Å². The van der Waals surface area contributed by atoms with Crippen molar-refractivity contribution in [3.05, 3.63) is 65.5 Å². The van der Waals surface area contributed by atoms with Crippen LogP contribution in [-0.4, -0.2) is 53.3 Å². The molecule has 0 spiro atoms. The van der Waals surface area contributed by atoms with Crippen molar-refractivity contribution in [3.63, 3.8) is 0 Å². The number of pyridine rings is 3. The van der Waals surface area contributed by atoms with Crippen molar-refractivity contribution in [3.8, 4) is 11.1 Å². The number of carbonyl (C=O) groups is 1. The highest BCUT2D eigenvalue weighted by Crippen LogP contribution is 2.32. The number of alkyl halides is 3. The fourth-order valence-electron chi connectivity index (χ4n) is 3.88. The van der Waals surface area contributed by atoms with Crippen molar-refractivity contribution in [2.75, 3.05) is 36.5 Å². The molecule has 11 heteroatoms. The number of morpholine rings is 1. The molecule has 4 rings (SSSR count). The van der Waals surface area contributed by atoms with Crippen LogP contribution in [0.3, 0.4) is 0 Å². The number of anilines is 2. The van der Waals surface area contributed by atoms with Gasteiger partial charge in [0.2, 0.25) is 0 Å². The Morgan fingerprint density at radius 1 is 1.11 bits per heavy atom. The van der Waals surface area contributed by atoms with Crippen LogP contribution < -0.4 is 10.2 Å². The number of ether oxygens (including phenoxy) is 2. The van der Waals surface area contributed by atoms with Crippen LogP contribution in [0.4, 0.5) is 24.5 Å². The molecule has 0 atom stereocenters. The first kappa shape index (κ1) is 26.5. The van der Waals surface area contributed by atoms with Gasteiger partial charge in [0.25, 0.3) is 5.91 Å². The molecule has 0 bridgehead atoms. The molecule has 1 aliphatic rings. The number of aromatic nitrogens is 3. The zero-order valence-corrected chi connectivity index (χ0v) is 20.8. The number of hydrogen-bond acceptors (Lipinski definition) is 7. The average Bonchev–Trinajstić information content (AvgIpc) is 2.88. The standard InChI is InChI=1S/C26H28F3N5O3/c1-16(2)37-15-23-24(34-4-6-36-7-5-34)9-18(12-32-23)22-10-21(14-31-17(22)3)33-25(35)19-8-20(13-30-11-19)26(27,28)29/h8-14,16H,4-7,15H2,1-3H3,(H,33,35). The third-order valence-electron chi connectivity index (χ3n) is 5.84. The van der Waals surface area contributed by atoms with E-state index < -0.39 is 17.6 Å². The summed E-state index contributed by atoms with van der Waals surface area (Å²) in [4.78, 5) is 27.5. The van der Waals surface area contributed by atoms with E-state index in [1.54, 1.807) is 12.3 Å². The maximum atomic E-state index is 13.0. The van der Waals surface area contributed by atoms with Gasteiger partial charge in [-0.25, -0.2) is 0 Å². The number of nitrogens with one attached hydrogen (secondary N) is 1. The molecule has 0 unspecified atom stereocenters. The molecule has 0 aliphatic carbocycles. The molecule has 0 radical (unpaired) electrons. The van der Waals surface area contributed by atoms with Gasteiger partial charge in [0.05, 0.1) is 60.3 Å². The molecule has 8 nitrogen and oxygen atoms in total. The number of aryl methyl sites for hydroxylation is 1. The van der Waals surface area contributed by atoms with Crippen LogP contribution >= 0.6 is 0 Å². The van der Waals surface area contributed by atoms with Gasteiger partial charge in [-0.05, 0) is 39.0 Å². The van der Waals surface area contributed by atoms with Gasteiger partial charge in [0, 0.05) is 48.5 Å². The Balaban J connectivity index is 1.62. The lowest BCUT2D eigenvalue weighted by molar-refractivity contribution is -0.137. The van der Waals surface area contributed by atoms with E-state index in [-0.39, 0.29) is 11.7 Å². The molecule has 196 valence electrons. The van der Waals surface area contributed by atoms with E-state index in [0.29, 0.717) is 37.4 Å². The SMILES string of the molecule is Cc1ncc(NC(=O)c2cncc(C(F)(F)F)c2)cc1-c1cnc(COC(C)C)c(N2CCOCC2)c1. The minimum absolute atomic E-state index is 0.0535. The van der Waals surface area contributed by atoms with Crippen LogP contribution in [0, 0.1) is 6.92 Å². The molecule has 1 N–H and O–H groups in total. The zero-order valence-electron chi connectivity index (χ0n) is 20.8. The molecule has 3 aromatic heterocycles. The molecule has 37 heavy (non-hydrogen) atoms. The second kappa shape index (κ2) is 11.2. The first-order chi connectivity index (χ1) is 17.6. The first-order valence-corrected chi connectivity index (χ1v) is 11.9. The van der Waals surface area contributed by atoms with E-state index in [2.05, 4.69) is 25.2 Å². The normalized spacial score (nSPS) is 14.2. The zero-order chi connectivity index (χ0) is 26.6. The molecule has 1 fully saturated rings. The summed E-state index contributed by atoms with van der Waals surface area (Å²) >= 11 is 0. The lowest BCUT2D eigenvalue weighted by Crippen LogP contribution is -2.37. The molecule has 3 aromatic rings. The van der Waals surface area contributed by atoms with Gasteiger partial charge < -0.3 is 19.7 Å². The number of hydrogen-bond donors (Lipinski definition) is 1. The topological polar surface area (TPSA) is 89.5 Å². The van der Waals surface area contributed by atoms with Gasteiger partial charge in [-0.1, -0.05) is 0 Å². The van der Waals surface area contributed by atoms with Gasteiger partial charge in [-0.2, -0.15) is 13.2 Å². The Morgan fingerprint density at radius 3 is 2.57 bits per heavy atom. The van der Waals surface area contributed by atoms with Gasteiger partial charge in [-0.3, -0.25) is 19.7 Å². The number of rotatable bonds is 7. The molecule has 1 amide bonds. The fraction of sp³-hybridized carbons (Fsp3) is 0.385. The van der Waals surface area contributed by atoms with E-state index in [1.165, 1.54) is 6.20 Å². The summed E-state index contributed by atoms with van der Waals surface area (Å²) in [6.07, 6.45) is 0.409. The molecule has 1 saturated heterocycles. The monoisotopic (exact) mass is 515 g/mol. The smallest absolute Gasteiger partial charge is 0.378 e. The Kier molecular flexibility index (Phi) is 8.03. The van der Waals surface area contributed by atoms with Gasteiger partial charge in [0.15, 0.2) is 0 Å². The number of halogens is 3. The third-order valence-corrected chi connectivity index (χ3v) is 5.84. The Labute approximate surface area is 212 Å². The van der Waals surface area contributed by atoms with Crippen LogP contribution in [-0.2, 0) is 22.3 Å². The van der Waals surface area contributed by atoms with E-state index in [1.807, 2.05) is 26.8 Å². The summed E-state index contributed by atoms with van der Waals surface area (Å²) in [5.74, 6) is -0.719. The molecule has 1 aliphatic heterocycles. The van der Waals surface area contributed by atoms with Crippen molar-refractivity contribution in [2.24, 2.45) is 0 Å². The molecule has 0 aromatic carbocycles. The summed E-state index contributed by atoms with van der Waals surface area (Å²) < 4.78 is 50.4. The lowest BCUT2D eigenvalue weighted by atomic mass is 10.0. The van der Waals surface area contributed by atoms with Crippen molar-refractivity contribution in [1.29, 1.82) is 0 Å². The largest absolute Gasteiger partial charge is 0.417 e. The summed E-state index contributed by atoms with van der Waals surface area (Å²) in [6, 6.07) is 4.51. The predicted molar refractivity (Wildman–Crippen MR) is 132 cm³/mol. The van der Waals surface area contributed by atoms with Crippen LogP contribution in [0.2, 0.25) is 0 Å². The second-order valence-corrected chi connectivity index (χ2v) is 8.92. The summed E-state index contributed by atoms with van der Waals surface area (Å²) in [7, 11) is 0. The van der Waals surface area contributed by atoms with Crippen molar-refractivity contribution >= 4 is 17.3 Å². The van der Waals surface area contributed by atoms with Crippen LogP contribution in [0.5, 0.6) is 0 Å². The highest BCUT2D eigenvalue weighted by molar-refractivity contribution is 6.04. The Bertz CT molecular complexity index is 1260. The number of carbonyl (C=O) groups excluding carboxylic acids is 1. The fourth-order valence-corrected chi connectivity index (χ4v) is 3.88. The van der Waals surface area contributed by atoms with Crippen LogP contribution in [0.1, 0.15) is 41.2 Å². The van der Waals surface area contributed by atoms with E-state index in [0.717, 1.165) is 47.9 Å². The van der Waals surface area contributed by atoms with Gasteiger partial charge >= 0.3 is 6.18 Å². The quantitative estimate of drug-likeness (QED) is 0.480. The number of amides is 1. The second-order valence-electron chi connectivity index (χ2n) is 8.92. The predicted octanol–water partition coefficient (Wildman–Crippen LogP) is 4.88. The highest BCUT2D eigenvalue weighted by Gasteiger charge is 2.31. The van der Waals surface area contributed by atoms with E-state index in [4.69, 9.17) is 9.47 Å². The summed E-state index contributed by atoms with van der Waals surface area (Å²) in [6.45, 7) is 8.80. The third kappa shape index (κ3) is 6.60. The maximum absolute atomic E-state index is 13.0. The Hall–Kier alpha value is -3.57. The number of nitrogens with zero attached hydrogens (tertiary/aromatic N) is 4. The first-order valence-electron chi connectivity index (χ1n) is 11.9. The maximum Gasteiger partial charge on any atom is 0.417 e. The van der Waals surface area contributed by atoms with Gasteiger partial charge in [0.1, 0.15) is 0 Å². The summed E-state index contributed by atoms with van der Waals surface area (Å²) in [5.41, 5.74) is 3.11. The molecular weight excluding hydrogens is 487 g/mol. The molecular formula is C26H28F3N5O3. The van der Waals surface area contributed by atoms with Crippen molar-refractivity contribution in [1.82, 2.24) is 15.0 Å². The lowest BCUT2D eigenvalue weighted by Gasteiger charge is -2.30. The van der Waals surface area contributed by atoms with Crippen LogP contribution in [0.15, 0.2) is 43.0 Å². The van der Waals surface area contributed by atoms with Crippen molar-refractivity contribution < 1.29 is 27.4 Å². The van der Waals surface area contributed by atoms with E-state index >= 15 is 0 Å². The minimum Gasteiger partial charge on any atom is -0.378 e. The van der Waals surface area contributed by atoms with Gasteiger partial charge in [-0.15, -0.1) is 0 Å². The minimum atomic E-state index is -4.60. The summed E-state index contributed by atoms with van der Waals surface area (Å²) in [5, 5.41) is 2.62. The Morgan fingerprint density at radius 2 is 1.86 bits per heavy atom. The van der Waals surface area contributed by atoms with E-state index in [9.17, 15) is 18.0 Å². The van der Waals surface area contributed by atoms with Crippen molar-refractivity contribution in [2.45, 2.75) is 39.7 Å². The highest BCUT2D eigenvalue weighted by atomic mass is 19.4. The molecule has 4 heterocycles. The average molecular weight is 516 g/mol. The molecule has 0 saturated carbocycles.